The summed E-state index contributed by atoms with van der Waals surface area (Å²) in [5.41, 5.74) is -0.835. The van der Waals surface area contributed by atoms with Gasteiger partial charge in [-0.3, -0.25) is 4.79 Å². The molecule has 1 aromatic carbocycles. The molecule has 20 heavy (non-hydrogen) atoms. The first-order chi connectivity index (χ1) is 9.09. The van der Waals surface area contributed by atoms with E-state index in [0.29, 0.717) is 0 Å². The Balaban J connectivity index is 3.25. The van der Waals surface area contributed by atoms with Crippen molar-refractivity contribution in [3.05, 3.63) is 29.8 Å². The highest BCUT2D eigenvalue weighted by atomic mass is 32.2. The quantitative estimate of drug-likeness (QED) is 0.871. The van der Waals surface area contributed by atoms with Crippen molar-refractivity contribution in [2.24, 2.45) is 5.41 Å². The van der Waals surface area contributed by atoms with E-state index in [2.05, 4.69) is 4.72 Å². The molecule has 108 valence electrons. The highest BCUT2D eigenvalue weighted by Crippen LogP contribution is 2.22. The number of benzene rings is 1. The van der Waals surface area contributed by atoms with Gasteiger partial charge < -0.3 is 5.11 Å². The van der Waals surface area contributed by atoms with Crippen molar-refractivity contribution >= 4 is 16.0 Å². The Morgan fingerprint density at radius 3 is 2.35 bits per heavy atom. The molecule has 0 saturated carbocycles. The molecule has 0 aliphatic carbocycles. The lowest BCUT2D eigenvalue weighted by molar-refractivity contribution is -0.141. The second-order valence-corrected chi connectivity index (χ2v) is 7.05. The summed E-state index contributed by atoms with van der Waals surface area (Å²) in [7, 11) is -4.08. The topological polar surface area (TPSA) is 107 Å². The predicted molar refractivity (Wildman–Crippen MR) is 72.4 cm³/mol. The van der Waals surface area contributed by atoms with Crippen LogP contribution in [-0.4, -0.2) is 25.5 Å². The second kappa shape index (κ2) is 5.61. The first-order valence-electron chi connectivity index (χ1n) is 5.84. The molecule has 0 spiro atoms. The van der Waals surface area contributed by atoms with Gasteiger partial charge in [0.1, 0.15) is 12.1 Å². The number of nitrogens with zero attached hydrogens (tertiary/aromatic N) is 1. The normalized spacial score (nSPS) is 13.5. The Kier molecular flexibility index (Phi) is 4.53. The van der Waals surface area contributed by atoms with Crippen molar-refractivity contribution < 1.29 is 18.3 Å². The van der Waals surface area contributed by atoms with Crippen LogP contribution in [0, 0.1) is 16.7 Å². The average molecular weight is 296 g/mol. The number of aliphatic carboxylic acids is 1. The van der Waals surface area contributed by atoms with E-state index < -0.39 is 27.4 Å². The zero-order valence-corrected chi connectivity index (χ0v) is 12.2. The third-order valence-corrected chi connectivity index (χ3v) is 4.16. The zero-order chi connectivity index (χ0) is 15.6. The lowest BCUT2D eigenvalue weighted by Gasteiger charge is -2.27. The maximum atomic E-state index is 12.2. The molecule has 0 aliphatic heterocycles. The van der Waals surface area contributed by atoms with Crippen molar-refractivity contribution in [2.45, 2.75) is 31.7 Å². The highest BCUT2D eigenvalue weighted by molar-refractivity contribution is 7.89. The van der Waals surface area contributed by atoms with Crippen LogP contribution < -0.4 is 4.72 Å². The summed E-state index contributed by atoms with van der Waals surface area (Å²) in [5, 5.41) is 18.1. The van der Waals surface area contributed by atoms with Gasteiger partial charge in [0.05, 0.1) is 10.5 Å². The molecule has 0 saturated heterocycles. The Labute approximate surface area is 118 Å². The van der Waals surface area contributed by atoms with Gasteiger partial charge in [-0.15, -0.1) is 0 Å². The molecule has 7 heteroatoms. The number of hydrogen-bond donors (Lipinski definition) is 2. The van der Waals surface area contributed by atoms with Gasteiger partial charge in [0.2, 0.25) is 10.0 Å². The largest absolute Gasteiger partial charge is 0.480 e. The molecule has 0 bridgehead atoms. The number of carboxylic acid groups (broad SMARTS) is 1. The number of hydrogen-bond acceptors (Lipinski definition) is 4. The molecule has 1 aromatic rings. The molecule has 0 amide bonds. The Morgan fingerprint density at radius 2 is 1.90 bits per heavy atom. The van der Waals surface area contributed by atoms with Crippen molar-refractivity contribution in [2.75, 3.05) is 0 Å². The van der Waals surface area contributed by atoms with Crippen LogP contribution in [0.25, 0.3) is 0 Å². The van der Waals surface area contributed by atoms with Gasteiger partial charge in [0, 0.05) is 0 Å². The van der Waals surface area contributed by atoms with E-state index in [1.165, 1.54) is 24.3 Å². The van der Waals surface area contributed by atoms with Gasteiger partial charge in [-0.1, -0.05) is 32.9 Å². The van der Waals surface area contributed by atoms with Gasteiger partial charge in [-0.2, -0.15) is 9.98 Å². The zero-order valence-electron chi connectivity index (χ0n) is 11.4. The van der Waals surface area contributed by atoms with Crippen LogP contribution in [0.4, 0.5) is 0 Å². The summed E-state index contributed by atoms with van der Waals surface area (Å²) in [5.74, 6) is -1.27. The molecule has 0 radical (unpaired) electrons. The monoisotopic (exact) mass is 296 g/mol. The molecule has 1 rings (SSSR count). The van der Waals surface area contributed by atoms with Crippen LogP contribution in [0.1, 0.15) is 26.3 Å². The summed E-state index contributed by atoms with van der Waals surface area (Å²) >= 11 is 0. The third kappa shape index (κ3) is 3.56. The molecular weight excluding hydrogens is 280 g/mol. The van der Waals surface area contributed by atoms with Crippen LogP contribution in [-0.2, 0) is 14.8 Å². The predicted octanol–water partition coefficient (Wildman–Crippen LogP) is 1.34. The van der Waals surface area contributed by atoms with E-state index in [9.17, 15) is 13.2 Å². The van der Waals surface area contributed by atoms with E-state index in [0.717, 1.165) is 0 Å². The molecule has 0 heterocycles. The first kappa shape index (κ1) is 16.1. The highest BCUT2D eigenvalue weighted by Gasteiger charge is 2.35. The summed E-state index contributed by atoms with van der Waals surface area (Å²) in [4.78, 5) is 11.0. The molecule has 2 N–H and O–H groups in total. The fraction of sp³-hybridized carbons (Fsp3) is 0.385. The van der Waals surface area contributed by atoms with E-state index in [-0.39, 0.29) is 10.5 Å². The van der Waals surface area contributed by atoms with Gasteiger partial charge in [-0.05, 0) is 17.5 Å². The summed E-state index contributed by atoms with van der Waals surface area (Å²) in [6.45, 7) is 4.85. The van der Waals surface area contributed by atoms with Gasteiger partial charge in [-0.25, -0.2) is 8.42 Å². The minimum absolute atomic E-state index is 0.0296. The third-order valence-electron chi connectivity index (χ3n) is 2.68. The summed E-state index contributed by atoms with van der Waals surface area (Å²) in [6, 6.07) is 6.12. The average Bonchev–Trinajstić information content (AvgIpc) is 2.34. The molecule has 0 aromatic heterocycles. The Morgan fingerprint density at radius 1 is 1.35 bits per heavy atom. The van der Waals surface area contributed by atoms with E-state index in [4.69, 9.17) is 10.4 Å². The molecule has 1 atom stereocenters. The van der Waals surface area contributed by atoms with Crippen LogP contribution in [0.5, 0.6) is 0 Å². The van der Waals surface area contributed by atoms with Crippen LogP contribution >= 0.6 is 0 Å². The second-order valence-electron chi connectivity index (χ2n) is 5.37. The minimum Gasteiger partial charge on any atom is -0.480 e. The first-order valence-corrected chi connectivity index (χ1v) is 7.32. The Bertz CT molecular complexity index is 654. The van der Waals surface area contributed by atoms with Gasteiger partial charge in [0.15, 0.2) is 0 Å². The number of rotatable bonds is 4. The fourth-order valence-corrected chi connectivity index (χ4v) is 3.16. The SMILES string of the molecule is CC(C)(C)C(NS(=O)(=O)c1ccccc1C#N)C(=O)O. The fourth-order valence-electron chi connectivity index (χ4n) is 1.61. The molecule has 0 fully saturated rings. The lowest BCUT2D eigenvalue weighted by atomic mass is 9.88. The maximum absolute atomic E-state index is 12.2. The van der Waals surface area contributed by atoms with E-state index >= 15 is 0 Å². The van der Waals surface area contributed by atoms with Crippen molar-refractivity contribution in [1.82, 2.24) is 4.72 Å². The summed E-state index contributed by atoms with van der Waals surface area (Å²) in [6.07, 6.45) is 0. The van der Waals surface area contributed by atoms with Crippen molar-refractivity contribution in [3.63, 3.8) is 0 Å². The van der Waals surface area contributed by atoms with E-state index in [1.807, 2.05) is 0 Å². The van der Waals surface area contributed by atoms with Crippen LogP contribution in [0.2, 0.25) is 0 Å². The summed E-state index contributed by atoms with van der Waals surface area (Å²) < 4.78 is 26.6. The number of sulfonamides is 1. The smallest absolute Gasteiger partial charge is 0.322 e. The lowest BCUT2D eigenvalue weighted by Crippen LogP contribution is -2.49. The van der Waals surface area contributed by atoms with Crippen molar-refractivity contribution in [3.8, 4) is 6.07 Å². The molecule has 1 unspecified atom stereocenters. The minimum atomic E-state index is -4.08. The maximum Gasteiger partial charge on any atom is 0.322 e. The molecule has 6 nitrogen and oxygen atoms in total. The molecule has 0 aliphatic rings. The van der Waals surface area contributed by atoms with E-state index in [1.54, 1.807) is 26.8 Å². The van der Waals surface area contributed by atoms with Crippen molar-refractivity contribution in [1.29, 1.82) is 5.26 Å². The Hall–Kier alpha value is -1.91. The van der Waals surface area contributed by atoms with Crippen LogP contribution in [0.3, 0.4) is 0 Å². The standard InChI is InChI=1S/C13H16N2O4S/c1-13(2,3)11(12(16)17)15-20(18,19)10-7-5-4-6-9(10)8-14/h4-7,11,15H,1-3H3,(H,16,17). The number of nitriles is 1. The van der Waals surface area contributed by atoms with Gasteiger partial charge in [0.25, 0.3) is 0 Å². The number of nitrogens with one attached hydrogen (secondary N) is 1. The van der Waals surface area contributed by atoms with Gasteiger partial charge >= 0.3 is 5.97 Å². The number of carboxylic acids is 1. The van der Waals surface area contributed by atoms with Crippen LogP contribution in [0.15, 0.2) is 29.2 Å². The number of carbonyl (C=O) groups is 1. The molecular formula is C13H16N2O4S.